The second-order valence-corrected chi connectivity index (χ2v) is 11.9. The normalized spacial score (nSPS) is 12.5. The molecule has 0 spiro atoms. The van der Waals surface area contributed by atoms with Gasteiger partial charge in [-0.3, -0.25) is 19.6 Å². The second kappa shape index (κ2) is 20.7. The van der Waals surface area contributed by atoms with Gasteiger partial charge >= 0.3 is 0 Å². The molecule has 0 saturated heterocycles. The molecule has 260 valence electrons. The Labute approximate surface area is 300 Å². The summed E-state index contributed by atoms with van der Waals surface area (Å²) in [6.07, 6.45) is 0. The van der Waals surface area contributed by atoms with Gasteiger partial charge < -0.3 is 9.80 Å². The monoisotopic (exact) mass is 680 g/mol. The van der Waals surface area contributed by atoms with Gasteiger partial charge in [-0.15, -0.1) is 12.4 Å². The summed E-state index contributed by atoms with van der Waals surface area (Å²) in [6, 6.07) is 35.9. The van der Waals surface area contributed by atoms with Gasteiger partial charge in [-0.25, -0.2) is 0 Å². The standard InChI is InChI=1S/2C21H26N2O.ClH/c2*1-5-23(6-2)21(24)20(18-10-8-7-9-11-18)17(4)22-19-14-12-16(3)13-15-19;/h2*7-15,20H,5-6H2,1-4H3;1H. The molecule has 0 fully saturated rings. The van der Waals surface area contributed by atoms with Gasteiger partial charge in [-0.2, -0.15) is 0 Å². The number of carbonyl (C=O) groups excluding carboxylic acids is 2. The van der Waals surface area contributed by atoms with E-state index in [1.807, 2.05) is 161 Å². The molecular weight excluding hydrogens is 628 g/mol. The van der Waals surface area contributed by atoms with Crippen molar-refractivity contribution >= 4 is 47.0 Å². The van der Waals surface area contributed by atoms with E-state index in [2.05, 4.69) is 13.8 Å². The number of nitrogens with zero attached hydrogens (tertiary/aromatic N) is 4. The molecule has 0 saturated carbocycles. The van der Waals surface area contributed by atoms with Gasteiger partial charge in [-0.05, 0) is 90.8 Å². The van der Waals surface area contributed by atoms with Crippen molar-refractivity contribution in [1.29, 1.82) is 0 Å². The first-order chi connectivity index (χ1) is 23.1. The van der Waals surface area contributed by atoms with Crippen molar-refractivity contribution in [1.82, 2.24) is 9.80 Å². The molecule has 2 amide bonds. The Morgan fingerprint density at radius 3 is 1.06 bits per heavy atom. The number of benzene rings is 4. The fourth-order valence-electron chi connectivity index (χ4n) is 5.63. The molecule has 7 heteroatoms. The summed E-state index contributed by atoms with van der Waals surface area (Å²) in [4.78, 5) is 39.2. The summed E-state index contributed by atoms with van der Waals surface area (Å²) < 4.78 is 0. The Kier molecular flexibility index (Phi) is 17.2. The highest BCUT2D eigenvalue weighted by Gasteiger charge is 2.28. The van der Waals surface area contributed by atoms with Crippen molar-refractivity contribution in [2.75, 3.05) is 26.2 Å². The molecule has 0 bridgehead atoms. The molecule has 0 aromatic heterocycles. The number of aryl methyl sites for hydroxylation is 2. The lowest BCUT2D eigenvalue weighted by atomic mass is 9.93. The van der Waals surface area contributed by atoms with E-state index in [-0.39, 0.29) is 36.1 Å². The molecule has 0 aliphatic heterocycles. The van der Waals surface area contributed by atoms with Crippen molar-refractivity contribution in [2.45, 2.75) is 67.2 Å². The number of hydrogen-bond donors (Lipinski definition) is 0. The zero-order valence-electron chi connectivity index (χ0n) is 30.4. The van der Waals surface area contributed by atoms with E-state index in [1.54, 1.807) is 0 Å². The maximum atomic E-state index is 13.0. The highest BCUT2D eigenvalue weighted by Crippen LogP contribution is 2.25. The minimum absolute atomic E-state index is 0. The first-order valence-corrected chi connectivity index (χ1v) is 17.0. The molecule has 0 aliphatic rings. The Morgan fingerprint density at radius 2 is 0.796 bits per heavy atom. The van der Waals surface area contributed by atoms with Crippen molar-refractivity contribution in [2.24, 2.45) is 9.98 Å². The third-order valence-corrected chi connectivity index (χ3v) is 8.42. The lowest BCUT2D eigenvalue weighted by molar-refractivity contribution is -0.131. The molecule has 6 nitrogen and oxygen atoms in total. The van der Waals surface area contributed by atoms with Gasteiger partial charge in [0.2, 0.25) is 11.8 Å². The van der Waals surface area contributed by atoms with E-state index in [1.165, 1.54) is 11.1 Å². The van der Waals surface area contributed by atoms with Gasteiger partial charge in [-0.1, -0.05) is 96.1 Å². The van der Waals surface area contributed by atoms with E-state index >= 15 is 0 Å². The van der Waals surface area contributed by atoms with Gasteiger partial charge in [0, 0.05) is 37.6 Å². The van der Waals surface area contributed by atoms with Crippen LogP contribution >= 0.6 is 12.4 Å². The van der Waals surface area contributed by atoms with Crippen LogP contribution in [0.2, 0.25) is 0 Å². The van der Waals surface area contributed by atoms with Crippen LogP contribution in [0.1, 0.15) is 75.6 Å². The summed E-state index contributed by atoms with van der Waals surface area (Å²) in [5.41, 5.74) is 7.78. The molecule has 0 aliphatic carbocycles. The molecule has 4 aromatic carbocycles. The molecule has 4 aromatic rings. The molecule has 0 heterocycles. The van der Waals surface area contributed by atoms with Crippen LogP contribution in [-0.4, -0.2) is 59.2 Å². The fraction of sp³-hybridized carbons (Fsp3) is 0.333. The Hall–Kier alpha value is -4.55. The average Bonchev–Trinajstić information content (AvgIpc) is 3.09. The first-order valence-electron chi connectivity index (χ1n) is 17.0. The van der Waals surface area contributed by atoms with Gasteiger partial charge in [0.1, 0.15) is 11.8 Å². The van der Waals surface area contributed by atoms with Crippen molar-refractivity contribution in [3.63, 3.8) is 0 Å². The van der Waals surface area contributed by atoms with Crippen LogP contribution in [0.15, 0.2) is 119 Å². The SMILES string of the molecule is CCN(CC)C(=O)C(C(C)=Nc1ccc(C)cc1)c1ccccc1.CCN(CC)C(=O)C(C(C)=Nc1ccc(C)cc1)c1ccccc1.Cl. The van der Waals surface area contributed by atoms with Gasteiger partial charge in [0.25, 0.3) is 0 Å². The summed E-state index contributed by atoms with van der Waals surface area (Å²) in [6.45, 7) is 18.9. The predicted octanol–water partition coefficient (Wildman–Crippen LogP) is 9.90. The number of amides is 2. The molecule has 49 heavy (non-hydrogen) atoms. The molecule has 0 radical (unpaired) electrons. The highest BCUT2D eigenvalue weighted by molar-refractivity contribution is 6.09. The summed E-state index contributed by atoms with van der Waals surface area (Å²) in [5.74, 6) is -0.459. The average molecular weight is 681 g/mol. The largest absolute Gasteiger partial charge is 0.342 e. The van der Waals surface area contributed by atoms with Crippen molar-refractivity contribution in [3.05, 3.63) is 131 Å². The number of halogens is 1. The van der Waals surface area contributed by atoms with Crippen LogP contribution in [-0.2, 0) is 9.59 Å². The Balaban J connectivity index is 0.000000333. The Morgan fingerprint density at radius 1 is 0.510 bits per heavy atom. The third kappa shape index (κ3) is 11.8. The van der Waals surface area contributed by atoms with E-state index in [0.717, 1.165) is 33.9 Å². The lowest BCUT2D eigenvalue weighted by Crippen LogP contribution is -2.37. The molecule has 2 atom stereocenters. The van der Waals surface area contributed by atoms with Crippen LogP contribution in [0.25, 0.3) is 0 Å². The van der Waals surface area contributed by atoms with E-state index < -0.39 is 0 Å². The zero-order chi connectivity index (χ0) is 35.1. The van der Waals surface area contributed by atoms with E-state index in [0.29, 0.717) is 26.2 Å². The summed E-state index contributed by atoms with van der Waals surface area (Å²) >= 11 is 0. The summed E-state index contributed by atoms with van der Waals surface area (Å²) in [5, 5.41) is 0. The molecular formula is C42H53ClN4O2. The maximum absolute atomic E-state index is 13.0. The van der Waals surface area contributed by atoms with Crippen LogP contribution < -0.4 is 0 Å². The minimum atomic E-state index is -0.340. The van der Waals surface area contributed by atoms with Crippen LogP contribution in [0.5, 0.6) is 0 Å². The number of rotatable bonds is 12. The van der Waals surface area contributed by atoms with E-state index in [9.17, 15) is 9.59 Å². The Bertz CT molecular complexity index is 1500. The molecule has 2 unspecified atom stereocenters. The number of aliphatic imine (C=N–C) groups is 2. The third-order valence-electron chi connectivity index (χ3n) is 8.42. The zero-order valence-corrected chi connectivity index (χ0v) is 31.2. The van der Waals surface area contributed by atoms with Crippen LogP contribution in [0.3, 0.4) is 0 Å². The highest BCUT2D eigenvalue weighted by atomic mass is 35.5. The lowest BCUT2D eigenvalue weighted by Gasteiger charge is -2.25. The number of likely N-dealkylation sites (N-methyl/N-ethyl adjacent to an activating group) is 2. The van der Waals surface area contributed by atoms with Crippen molar-refractivity contribution in [3.8, 4) is 0 Å². The van der Waals surface area contributed by atoms with Crippen molar-refractivity contribution < 1.29 is 9.59 Å². The smallest absolute Gasteiger partial charge is 0.235 e. The molecule has 0 N–H and O–H groups in total. The van der Waals surface area contributed by atoms with Crippen LogP contribution in [0, 0.1) is 13.8 Å². The topological polar surface area (TPSA) is 65.3 Å². The van der Waals surface area contributed by atoms with Crippen LogP contribution in [0.4, 0.5) is 11.4 Å². The fourth-order valence-corrected chi connectivity index (χ4v) is 5.63. The summed E-state index contributed by atoms with van der Waals surface area (Å²) in [7, 11) is 0. The van der Waals surface area contributed by atoms with Gasteiger partial charge in [0.05, 0.1) is 11.4 Å². The molecule has 4 rings (SSSR count). The maximum Gasteiger partial charge on any atom is 0.235 e. The number of hydrogen-bond acceptors (Lipinski definition) is 4. The predicted molar refractivity (Wildman–Crippen MR) is 209 cm³/mol. The number of carbonyl (C=O) groups is 2. The second-order valence-electron chi connectivity index (χ2n) is 11.9. The minimum Gasteiger partial charge on any atom is -0.342 e. The quantitative estimate of drug-likeness (QED) is 0.140. The van der Waals surface area contributed by atoms with Gasteiger partial charge in [0.15, 0.2) is 0 Å². The first kappa shape index (κ1) is 40.6. The van der Waals surface area contributed by atoms with E-state index in [4.69, 9.17) is 9.98 Å².